The van der Waals surface area contributed by atoms with Crippen LogP contribution in [0.3, 0.4) is 0 Å². The minimum atomic E-state index is -0.611. The van der Waals surface area contributed by atoms with E-state index in [0.717, 1.165) is 5.56 Å². The molecule has 29 heavy (non-hydrogen) atoms. The molecule has 0 saturated carbocycles. The molecule has 0 radical (unpaired) electrons. The van der Waals surface area contributed by atoms with Crippen molar-refractivity contribution in [2.75, 3.05) is 0 Å². The maximum absolute atomic E-state index is 12.6. The molecule has 2 rings (SSSR count). The van der Waals surface area contributed by atoms with E-state index in [9.17, 15) is 9.59 Å². The summed E-state index contributed by atoms with van der Waals surface area (Å²) in [6.07, 6.45) is -1.05. The summed E-state index contributed by atoms with van der Waals surface area (Å²) >= 11 is 0. The molecule has 0 saturated heterocycles. The highest BCUT2D eigenvalue weighted by atomic mass is 16.6. The predicted octanol–water partition coefficient (Wildman–Crippen LogP) is 5.11. The molecule has 5 nitrogen and oxygen atoms in total. The molecule has 0 aliphatic rings. The monoisotopic (exact) mass is 398 g/mol. The average Bonchev–Trinajstić information content (AvgIpc) is 2.65. The van der Waals surface area contributed by atoms with E-state index in [1.54, 1.807) is 34.6 Å². The molecule has 0 aliphatic carbocycles. The van der Waals surface area contributed by atoms with Gasteiger partial charge in [-0.05, 0) is 45.4 Å². The quantitative estimate of drug-likeness (QED) is 0.579. The second kappa shape index (κ2) is 10.1. The molecule has 0 spiro atoms. The number of hydrogen-bond donors (Lipinski definition) is 0. The van der Waals surface area contributed by atoms with Crippen molar-refractivity contribution in [2.45, 2.75) is 58.8 Å². The zero-order valence-corrected chi connectivity index (χ0v) is 17.8. The maximum Gasteiger partial charge on any atom is 0.309 e. The molecule has 0 fully saturated rings. The Morgan fingerprint density at radius 1 is 0.897 bits per heavy atom. The molecule has 0 unspecified atom stereocenters. The van der Waals surface area contributed by atoms with E-state index in [1.165, 1.54) is 0 Å². The topological polar surface area (TPSA) is 61.8 Å². The van der Waals surface area contributed by atoms with Crippen LogP contribution in [-0.2, 0) is 19.1 Å². The van der Waals surface area contributed by atoms with Crippen LogP contribution in [0, 0.1) is 5.92 Å². The first-order chi connectivity index (χ1) is 13.7. The summed E-state index contributed by atoms with van der Waals surface area (Å²) in [5, 5.41) is 0. The Hall–Kier alpha value is -2.82. The van der Waals surface area contributed by atoms with Crippen LogP contribution in [0.2, 0.25) is 0 Å². The van der Waals surface area contributed by atoms with Gasteiger partial charge in [-0.3, -0.25) is 9.59 Å². The smallest absolute Gasteiger partial charge is 0.309 e. The lowest BCUT2D eigenvalue weighted by atomic mass is 10.0. The molecule has 0 N–H and O–H groups in total. The minimum Gasteiger partial charge on any atom is -0.482 e. The van der Waals surface area contributed by atoms with Gasteiger partial charge in [-0.15, -0.1) is 0 Å². The lowest BCUT2D eigenvalue weighted by Crippen LogP contribution is -2.31. The van der Waals surface area contributed by atoms with Crippen molar-refractivity contribution in [3.05, 3.63) is 66.2 Å². The van der Waals surface area contributed by atoms with Gasteiger partial charge in [-0.25, -0.2) is 0 Å². The molecule has 3 atom stereocenters. The zero-order chi connectivity index (χ0) is 21.4. The minimum absolute atomic E-state index is 0.0294. The molecule has 5 heteroatoms. The average molecular weight is 398 g/mol. The first-order valence-corrected chi connectivity index (χ1v) is 9.84. The number of carbonyl (C=O) groups excluding carboxylic acids is 2. The fourth-order valence-electron chi connectivity index (χ4n) is 2.80. The number of rotatable bonds is 8. The summed E-state index contributed by atoms with van der Waals surface area (Å²) < 4.78 is 17.1. The fraction of sp³-hybridized carbons (Fsp3) is 0.417. The van der Waals surface area contributed by atoms with Crippen molar-refractivity contribution in [1.29, 1.82) is 0 Å². The standard InChI is InChI=1S/C24H30O5/c1-17(16-21(25)29-24(3,4)5)23(26)27-18(2)22(19-12-8-6-9-13-19)28-20-14-10-7-11-15-20/h6-15,17-18,22H,16H2,1-5H3/t17-,18-,22-/m1/s1. The molecule has 0 heterocycles. The molecule has 2 aromatic rings. The lowest BCUT2D eigenvalue weighted by Gasteiger charge is -2.27. The SMILES string of the molecule is C[C@H](CC(=O)OC(C)(C)C)C(=O)O[C@H](C)[C@@H](Oc1ccccc1)c1ccccc1. The van der Waals surface area contributed by atoms with Gasteiger partial charge >= 0.3 is 11.9 Å². The van der Waals surface area contributed by atoms with Crippen molar-refractivity contribution in [3.63, 3.8) is 0 Å². The molecule has 0 aliphatic heterocycles. The van der Waals surface area contributed by atoms with E-state index in [2.05, 4.69) is 0 Å². The molecular weight excluding hydrogens is 368 g/mol. The van der Waals surface area contributed by atoms with Gasteiger partial charge in [0.05, 0.1) is 12.3 Å². The molecule has 0 bridgehead atoms. The summed E-state index contributed by atoms with van der Waals surface area (Å²) in [6.45, 7) is 8.83. The number of esters is 2. The lowest BCUT2D eigenvalue weighted by molar-refractivity contribution is -0.165. The Kier molecular flexibility index (Phi) is 7.82. The number of para-hydroxylation sites is 1. The van der Waals surface area contributed by atoms with Crippen LogP contribution in [0.5, 0.6) is 5.75 Å². The van der Waals surface area contributed by atoms with Gasteiger partial charge in [-0.1, -0.05) is 55.5 Å². The van der Waals surface area contributed by atoms with Crippen LogP contribution in [0.4, 0.5) is 0 Å². The predicted molar refractivity (Wildman–Crippen MR) is 111 cm³/mol. The van der Waals surface area contributed by atoms with E-state index in [0.29, 0.717) is 5.75 Å². The third-order valence-electron chi connectivity index (χ3n) is 4.16. The second-order valence-electron chi connectivity index (χ2n) is 8.10. The third-order valence-corrected chi connectivity index (χ3v) is 4.16. The van der Waals surface area contributed by atoms with Gasteiger partial charge in [-0.2, -0.15) is 0 Å². The summed E-state index contributed by atoms with van der Waals surface area (Å²) in [6, 6.07) is 19.0. The van der Waals surface area contributed by atoms with Gasteiger partial charge in [0.1, 0.15) is 17.5 Å². The Balaban J connectivity index is 2.05. The molecule has 2 aromatic carbocycles. The Bertz CT molecular complexity index is 780. The summed E-state index contributed by atoms with van der Waals surface area (Å²) in [5.74, 6) is -0.804. The van der Waals surface area contributed by atoms with Gasteiger partial charge < -0.3 is 14.2 Å². The van der Waals surface area contributed by atoms with Crippen LogP contribution in [0.15, 0.2) is 60.7 Å². The Morgan fingerprint density at radius 3 is 2.00 bits per heavy atom. The second-order valence-corrected chi connectivity index (χ2v) is 8.10. The number of hydrogen-bond acceptors (Lipinski definition) is 5. The molecule has 0 aromatic heterocycles. The summed E-state index contributed by atoms with van der Waals surface area (Å²) in [7, 11) is 0. The van der Waals surface area contributed by atoms with E-state index >= 15 is 0 Å². The van der Waals surface area contributed by atoms with Gasteiger partial charge in [0.2, 0.25) is 0 Å². The Labute approximate surface area is 173 Å². The van der Waals surface area contributed by atoms with Crippen LogP contribution in [-0.4, -0.2) is 23.6 Å². The number of carbonyl (C=O) groups is 2. The fourth-order valence-corrected chi connectivity index (χ4v) is 2.80. The van der Waals surface area contributed by atoms with Crippen LogP contribution in [0.25, 0.3) is 0 Å². The first-order valence-electron chi connectivity index (χ1n) is 9.84. The maximum atomic E-state index is 12.6. The van der Waals surface area contributed by atoms with E-state index < -0.39 is 35.7 Å². The van der Waals surface area contributed by atoms with Crippen molar-refractivity contribution in [1.82, 2.24) is 0 Å². The normalized spacial score (nSPS) is 14.4. The molecule has 156 valence electrons. The van der Waals surface area contributed by atoms with Crippen LogP contribution < -0.4 is 4.74 Å². The summed E-state index contributed by atoms with van der Waals surface area (Å²) in [5.41, 5.74) is 0.312. The third kappa shape index (κ3) is 7.60. The molecular formula is C24H30O5. The van der Waals surface area contributed by atoms with Gasteiger partial charge in [0.15, 0.2) is 6.10 Å². The zero-order valence-electron chi connectivity index (χ0n) is 17.8. The van der Waals surface area contributed by atoms with Crippen molar-refractivity contribution in [2.24, 2.45) is 5.92 Å². The van der Waals surface area contributed by atoms with E-state index in [-0.39, 0.29) is 6.42 Å². The van der Waals surface area contributed by atoms with Gasteiger partial charge in [0, 0.05) is 0 Å². The largest absolute Gasteiger partial charge is 0.482 e. The Morgan fingerprint density at radius 2 is 1.45 bits per heavy atom. The van der Waals surface area contributed by atoms with Gasteiger partial charge in [0.25, 0.3) is 0 Å². The highest BCUT2D eigenvalue weighted by molar-refractivity contribution is 5.79. The van der Waals surface area contributed by atoms with Crippen LogP contribution >= 0.6 is 0 Å². The van der Waals surface area contributed by atoms with E-state index in [1.807, 2.05) is 60.7 Å². The van der Waals surface area contributed by atoms with Crippen molar-refractivity contribution < 1.29 is 23.8 Å². The van der Waals surface area contributed by atoms with Crippen molar-refractivity contribution in [3.8, 4) is 5.75 Å². The number of ether oxygens (including phenoxy) is 3. The molecule has 0 amide bonds. The number of benzene rings is 2. The van der Waals surface area contributed by atoms with E-state index in [4.69, 9.17) is 14.2 Å². The highest BCUT2D eigenvalue weighted by Crippen LogP contribution is 2.27. The summed E-state index contributed by atoms with van der Waals surface area (Å²) in [4.78, 5) is 24.6. The first kappa shape index (κ1) is 22.5. The van der Waals surface area contributed by atoms with Crippen LogP contribution in [0.1, 0.15) is 52.7 Å². The highest BCUT2D eigenvalue weighted by Gasteiger charge is 2.29. The van der Waals surface area contributed by atoms with Crippen molar-refractivity contribution >= 4 is 11.9 Å².